The van der Waals surface area contributed by atoms with Crippen molar-refractivity contribution in [2.24, 2.45) is 0 Å². The Kier molecular flexibility index (Phi) is 27.4. The van der Waals surface area contributed by atoms with E-state index in [0.29, 0.717) is 84.2 Å². The van der Waals surface area contributed by atoms with E-state index < -0.39 is 82.6 Å². The normalized spacial score (nSPS) is 15.3. The zero-order valence-electron chi connectivity index (χ0n) is 61.6. The summed E-state index contributed by atoms with van der Waals surface area (Å²) >= 11 is 2.25. The molecule has 34 heteroatoms. The zero-order valence-corrected chi connectivity index (χ0v) is 63.7. The van der Waals surface area contributed by atoms with Crippen LogP contribution in [0, 0.1) is 84.4 Å². The molecule has 5 N–H and O–H groups in total. The fraction of sp³-hybridized carbons (Fsp3) is 0.312. The first-order valence-electron chi connectivity index (χ1n) is 34.5. The lowest BCUT2D eigenvalue weighted by molar-refractivity contribution is -0.134. The second-order valence-electron chi connectivity index (χ2n) is 28.1. The molecule has 3 unspecified atom stereocenters. The molecule has 4 aromatic heterocycles. The molecule has 10 aromatic rings. The molecule has 14 rings (SSSR count). The molecule has 0 aliphatic carbocycles. The van der Waals surface area contributed by atoms with Gasteiger partial charge in [-0.05, 0) is 163 Å². The molecule has 4 aliphatic heterocycles. The minimum Gasteiger partial charge on any atom is -0.444 e. The lowest BCUT2D eigenvalue weighted by atomic mass is 9.80. The van der Waals surface area contributed by atoms with Gasteiger partial charge in [0.15, 0.2) is 0 Å². The Morgan fingerprint density at radius 1 is 0.523 bits per heavy atom. The molecule has 111 heavy (non-hydrogen) atoms. The van der Waals surface area contributed by atoms with Crippen molar-refractivity contribution in [2.45, 2.75) is 150 Å². The van der Waals surface area contributed by atoms with Gasteiger partial charge in [0.1, 0.15) is 81.5 Å². The summed E-state index contributed by atoms with van der Waals surface area (Å²) in [5, 5.41) is 54.7. The highest BCUT2D eigenvalue weighted by molar-refractivity contribution is 14.1. The van der Waals surface area contributed by atoms with Crippen LogP contribution in [-0.2, 0) is 73.0 Å². The Bertz CT molecular complexity index is 5130. The average Bonchev–Trinajstić information content (AvgIpc) is 1.67. The van der Waals surface area contributed by atoms with Gasteiger partial charge in [-0.2, -0.15) is 30.9 Å². The summed E-state index contributed by atoms with van der Waals surface area (Å²) < 4.78 is 151. The summed E-state index contributed by atoms with van der Waals surface area (Å²) in [7, 11) is -1.89. The Labute approximate surface area is 646 Å². The number of nitrogen functional groups attached to an aromatic ring is 1. The molecule has 8 heterocycles. The number of nitriles is 2. The van der Waals surface area contributed by atoms with Crippen LogP contribution in [0.4, 0.5) is 59.2 Å². The number of ether oxygens (including phenoxy) is 2. The van der Waals surface area contributed by atoms with Gasteiger partial charge in [-0.15, -0.1) is 0 Å². The number of nitrogens with zero attached hydrogens (tertiary/aromatic N) is 13. The maximum atomic E-state index is 14.3. The lowest BCUT2D eigenvalue weighted by Gasteiger charge is -2.35. The van der Waals surface area contributed by atoms with Gasteiger partial charge in [0, 0.05) is 94.0 Å². The number of aromatic nitrogens is 8. The maximum Gasteiger partial charge on any atom is 0.491 e. The minimum atomic E-state index is -1.89. The number of anilines is 1. The minimum absolute atomic E-state index is 0.00762. The van der Waals surface area contributed by atoms with E-state index in [9.17, 15) is 58.3 Å². The van der Waals surface area contributed by atoms with Crippen LogP contribution in [-0.4, -0.2) is 125 Å². The summed E-state index contributed by atoms with van der Waals surface area (Å²) in [4.78, 5) is 42.3. The van der Waals surface area contributed by atoms with Crippen molar-refractivity contribution in [3.63, 3.8) is 0 Å². The van der Waals surface area contributed by atoms with Gasteiger partial charge < -0.3 is 40.4 Å². The molecule has 582 valence electrons. The molecule has 0 spiro atoms. The number of hydrogen-bond donors (Lipinski definition) is 4. The predicted molar refractivity (Wildman–Crippen MR) is 398 cm³/mol. The molecule has 3 amide bonds. The maximum absolute atomic E-state index is 14.3. The quantitative estimate of drug-likeness (QED) is 0.0521. The fourth-order valence-electron chi connectivity index (χ4n) is 11.9. The molecular formula is C77H77BF10IN15O7. The number of nitrogens with one attached hydrogen (secondary N) is 1. The number of hydrogen-bond acceptors (Lipinski definition) is 15. The molecule has 0 saturated carbocycles. The van der Waals surface area contributed by atoms with Crippen molar-refractivity contribution in [1.29, 1.82) is 10.5 Å². The third-order valence-corrected chi connectivity index (χ3v) is 18.3. The monoisotopic (exact) mass is 1650 g/mol. The lowest BCUT2D eigenvalue weighted by Crippen LogP contribution is -2.47. The van der Waals surface area contributed by atoms with Gasteiger partial charge in [-0.25, -0.2) is 53.5 Å². The summed E-state index contributed by atoms with van der Waals surface area (Å²) in [6.07, 6.45) is 5.88. The van der Waals surface area contributed by atoms with Gasteiger partial charge in [-0.1, -0.05) is 12.1 Å². The highest BCUT2D eigenvalue weighted by atomic mass is 127. The Morgan fingerprint density at radius 2 is 0.964 bits per heavy atom. The van der Waals surface area contributed by atoms with Gasteiger partial charge in [0.05, 0.1) is 121 Å². The third-order valence-electron chi connectivity index (χ3n) is 17.4. The zero-order chi connectivity index (χ0) is 81.1. The van der Waals surface area contributed by atoms with E-state index in [1.165, 1.54) is 79.0 Å². The highest BCUT2D eigenvalue weighted by Gasteiger charge is 2.35. The van der Waals surface area contributed by atoms with Crippen LogP contribution < -0.4 is 16.5 Å². The first-order chi connectivity index (χ1) is 52.4. The van der Waals surface area contributed by atoms with Crippen LogP contribution in [0.3, 0.4) is 0 Å². The van der Waals surface area contributed by atoms with Gasteiger partial charge in [0.2, 0.25) is 5.91 Å². The number of carbonyl (C=O) groups excluding carboxylic acids is 3. The van der Waals surface area contributed by atoms with Gasteiger partial charge in [-0.3, -0.25) is 28.4 Å². The number of rotatable bonds is 6. The van der Waals surface area contributed by atoms with Crippen LogP contribution in [0.15, 0.2) is 134 Å². The van der Waals surface area contributed by atoms with Crippen molar-refractivity contribution < 1.29 is 77.8 Å². The standard InChI is InChI=1S/C22H17F3N4O.C17H19F2N3O2.C13H13F2N3.C12H18IN3O2.C7H5FN2.C6H5BF2O2/c1-13-11-29-21(18(10-27-29)17-4-3-16(23)8-20(17)25)12-28(13)22(30)7-14-2-5-19(24)15(6-14)9-26;1-17(2,3)24-16(23)21-6-7-22-15(10-21)13(9-20-22)12-5-4-11(18)8-14(12)19;1-8-7-18-13(6-16-8)11(5-17-18)10-3-2-9(14)4-12(10)15;1-8-6-16-10(9(13)5-14-16)7-15(8)11(17)18-12(2,3)4;8-7-2-1-6(10)3-5(7)4-9;8-4-1-2-5(7(10)11)6(9)3-4/h2-6,8,10,13H,7,11-12H2,1H3;4-5,8-9H,6-7,10H2,1-3H3;2-5,8,16H,6-7H2,1H3;5,8H,6-7H2,1-4H3;1-3H,10H2;1-3,10-11H. The van der Waals surface area contributed by atoms with E-state index in [0.717, 1.165) is 63.9 Å². The molecule has 0 fully saturated rings. The van der Waals surface area contributed by atoms with Crippen molar-refractivity contribution in [1.82, 2.24) is 59.1 Å². The van der Waals surface area contributed by atoms with Crippen molar-refractivity contribution in [2.75, 3.05) is 12.3 Å². The molecular weight excluding hydrogens is 1570 g/mol. The second kappa shape index (κ2) is 36.2. The first kappa shape index (κ1) is 84.0. The second-order valence-corrected chi connectivity index (χ2v) is 29.3. The number of benzene rings is 6. The van der Waals surface area contributed by atoms with Crippen LogP contribution in [0.25, 0.3) is 33.4 Å². The van der Waals surface area contributed by atoms with Gasteiger partial charge >= 0.3 is 19.3 Å². The topological polar surface area (TPSA) is 277 Å². The molecule has 4 aliphatic rings. The fourth-order valence-corrected chi connectivity index (χ4v) is 12.5. The van der Waals surface area contributed by atoms with E-state index in [2.05, 4.69) is 55.2 Å². The largest absolute Gasteiger partial charge is 0.491 e. The molecule has 22 nitrogen and oxygen atoms in total. The SMILES string of the molecule is CC(C)(C)OC(=O)N1CCn2ncc(-c3ccc(F)cc3F)c2C1.CC1Cn2ncc(-c3ccc(F)cc3F)c2CN1.CC1Cn2ncc(-c3ccc(F)cc3F)c2CN1C(=O)Cc1ccc(F)c(C#N)c1.CC1Cn2ncc(I)c2CN1C(=O)OC(C)(C)C.N#Cc1cc(N)ccc1F.OB(O)c1ccc(F)cc1F. The van der Waals surface area contributed by atoms with Crippen molar-refractivity contribution >= 4 is 59.0 Å². The number of halogens is 11. The van der Waals surface area contributed by atoms with Gasteiger partial charge in [0.25, 0.3) is 0 Å². The molecule has 3 atom stereocenters. The Balaban J connectivity index is 0.000000159. The van der Waals surface area contributed by atoms with Crippen molar-refractivity contribution in [3.8, 4) is 45.5 Å². The van der Waals surface area contributed by atoms with E-state index >= 15 is 0 Å². The third kappa shape index (κ3) is 21.7. The summed E-state index contributed by atoms with van der Waals surface area (Å²) in [6, 6.07) is 24.6. The number of carbonyl (C=O) groups is 3. The van der Waals surface area contributed by atoms with Crippen LogP contribution >= 0.6 is 22.6 Å². The van der Waals surface area contributed by atoms with Crippen LogP contribution in [0.1, 0.15) is 102 Å². The Hall–Kier alpha value is -11.1. The van der Waals surface area contributed by atoms with E-state index in [1.807, 2.05) is 50.2 Å². The van der Waals surface area contributed by atoms with E-state index in [-0.39, 0.29) is 71.3 Å². The number of amides is 3. The molecule has 6 aromatic carbocycles. The summed E-state index contributed by atoms with van der Waals surface area (Å²) in [5.41, 5.74) is 10.8. The molecule has 0 saturated heterocycles. The highest BCUT2D eigenvalue weighted by Crippen LogP contribution is 2.34. The van der Waals surface area contributed by atoms with E-state index in [1.54, 1.807) is 69.4 Å². The molecule has 0 bridgehead atoms. The van der Waals surface area contributed by atoms with Crippen molar-refractivity contribution in [3.05, 3.63) is 235 Å². The van der Waals surface area contributed by atoms with Crippen LogP contribution in [0.5, 0.6) is 0 Å². The number of nitrogens with two attached hydrogens (primary N) is 1. The first-order valence-corrected chi connectivity index (χ1v) is 35.6. The van der Waals surface area contributed by atoms with Crippen LogP contribution in [0.2, 0.25) is 0 Å². The summed E-state index contributed by atoms with van der Waals surface area (Å²) in [6.45, 7) is 21.6. The number of fused-ring (bicyclic) bond motifs is 4. The molecule has 0 radical (unpaired) electrons. The smallest absolute Gasteiger partial charge is 0.444 e. The van der Waals surface area contributed by atoms with E-state index in [4.69, 9.17) is 35.8 Å². The summed E-state index contributed by atoms with van der Waals surface area (Å²) in [5.74, 6) is -6.83. The Morgan fingerprint density at radius 3 is 1.47 bits per heavy atom. The predicted octanol–water partition coefficient (Wildman–Crippen LogP) is 13.3. The average molecular weight is 1650 g/mol.